The molecule has 3 aromatic rings. The molecule has 1 unspecified atom stereocenters. The third kappa shape index (κ3) is 4.35. The number of hydrogen-bond acceptors (Lipinski definition) is 5. The van der Waals surface area contributed by atoms with Crippen molar-refractivity contribution in [3.05, 3.63) is 74.9 Å². The molecule has 0 spiro atoms. The quantitative estimate of drug-likeness (QED) is 0.250. The van der Waals surface area contributed by atoms with Crippen LogP contribution < -0.4 is 5.32 Å². The minimum absolute atomic E-state index is 0.0184. The summed E-state index contributed by atoms with van der Waals surface area (Å²) in [4.78, 5) is 15.4. The zero-order valence-corrected chi connectivity index (χ0v) is 18.8. The highest BCUT2D eigenvalue weighted by Crippen LogP contribution is 2.37. The van der Waals surface area contributed by atoms with Crippen molar-refractivity contribution in [2.45, 2.75) is 25.6 Å². The third-order valence-corrected chi connectivity index (χ3v) is 5.61. The van der Waals surface area contributed by atoms with Crippen molar-refractivity contribution >= 4 is 30.1 Å². The van der Waals surface area contributed by atoms with Crippen LogP contribution in [0.4, 0.5) is 27.8 Å². The molecule has 1 aliphatic rings. The third-order valence-electron chi connectivity index (χ3n) is 5.30. The Kier molecular flexibility index (Phi) is 6.30. The molecule has 176 valence electrons. The Balaban J connectivity index is 1.88. The predicted octanol–water partition coefficient (Wildman–Crippen LogP) is 6.48. The maximum absolute atomic E-state index is 14.5. The number of aromatic nitrogens is 2. The first kappa shape index (κ1) is 23.7. The molecule has 1 atom stereocenters. The van der Waals surface area contributed by atoms with Gasteiger partial charge in [0.25, 0.3) is 0 Å². The number of fused-ring (bicyclic) bond motifs is 1. The van der Waals surface area contributed by atoms with E-state index in [1.807, 2.05) is 6.92 Å². The van der Waals surface area contributed by atoms with E-state index in [0.717, 1.165) is 18.2 Å². The Morgan fingerprint density at radius 2 is 1.91 bits per heavy atom. The lowest BCUT2D eigenvalue weighted by Crippen LogP contribution is -2.16. The summed E-state index contributed by atoms with van der Waals surface area (Å²) in [6.07, 6.45) is -2.78. The Labute approximate surface area is 196 Å². The molecule has 1 aliphatic heterocycles. The number of amidine groups is 1. The Morgan fingerprint density at radius 1 is 1.18 bits per heavy atom. The summed E-state index contributed by atoms with van der Waals surface area (Å²) in [5, 5.41) is 2.96. The van der Waals surface area contributed by atoms with Gasteiger partial charge in [0, 0.05) is 36.0 Å². The maximum Gasteiger partial charge on any atom is 0.417 e. The molecule has 0 saturated carbocycles. The van der Waals surface area contributed by atoms with Crippen LogP contribution in [-0.2, 0) is 6.18 Å². The summed E-state index contributed by atoms with van der Waals surface area (Å²) in [6, 6.07) is 6.34. The minimum Gasteiger partial charge on any atom is -0.326 e. The van der Waals surface area contributed by atoms with Gasteiger partial charge in [-0.05, 0) is 18.6 Å². The topological polar surface area (TPSA) is 65.4 Å². The number of nitrogens with one attached hydrogen (secondary N) is 2. The van der Waals surface area contributed by atoms with E-state index in [4.69, 9.17) is 12.2 Å². The number of H-pyrrole nitrogens is 1. The molecule has 11 heteroatoms. The molecule has 5 nitrogen and oxygen atoms in total. The van der Waals surface area contributed by atoms with Gasteiger partial charge in [-0.2, -0.15) is 13.2 Å². The first-order valence-corrected chi connectivity index (χ1v) is 10.6. The minimum atomic E-state index is -4.62. The summed E-state index contributed by atoms with van der Waals surface area (Å²) in [6.45, 7) is 1.81. The molecule has 2 aromatic carbocycles. The molecule has 0 radical (unpaired) electrons. The highest BCUT2D eigenvalue weighted by Gasteiger charge is 2.34. The highest BCUT2D eigenvalue weighted by atomic mass is 32.1. The molecule has 0 saturated heterocycles. The molecule has 0 amide bonds. The van der Waals surface area contributed by atoms with Crippen LogP contribution in [0.15, 0.2) is 46.4 Å². The van der Waals surface area contributed by atoms with Crippen LogP contribution in [0.1, 0.15) is 41.6 Å². The number of rotatable bonds is 4. The number of benzene rings is 2. The van der Waals surface area contributed by atoms with Crippen LogP contribution in [-0.4, -0.2) is 29.1 Å². The SMILES string of the molecule is CCC1N=C(Nc2[nH]c(-c3ccccc3C(F)(F)F)nc(=S)c2C=NC)c2cc(F)cc(F)c21. The van der Waals surface area contributed by atoms with E-state index in [2.05, 4.69) is 25.3 Å². The largest absolute Gasteiger partial charge is 0.417 e. The molecule has 0 aliphatic carbocycles. The first-order valence-electron chi connectivity index (χ1n) is 10.2. The van der Waals surface area contributed by atoms with Crippen molar-refractivity contribution in [2.75, 3.05) is 12.4 Å². The first-order chi connectivity index (χ1) is 16.1. The molecule has 34 heavy (non-hydrogen) atoms. The molecule has 2 N–H and O–H groups in total. The van der Waals surface area contributed by atoms with Crippen molar-refractivity contribution in [1.29, 1.82) is 0 Å². The van der Waals surface area contributed by atoms with Crippen LogP contribution >= 0.6 is 12.2 Å². The van der Waals surface area contributed by atoms with Crippen molar-refractivity contribution in [3.63, 3.8) is 0 Å². The predicted molar refractivity (Wildman–Crippen MR) is 123 cm³/mol. The number of hydrogen-bond donors (Lipinski definition) is 2. The number of aliphatic imine (C=N–C) groups is 2. The van der Waals surface area contributed by atoms with E-state index in [-0.39, 0.29) is 44.4 Å². The number of aromatic amines is 1. The molecular formula is C23H18F5N5S. The molecule has 4 rings (SSSR count). The van der Waals surface area contributed by atoms with Crippen molar-refractivity contribution in [3.8, 4) is 11.4 Å². The second-order valence-corrected chi connectivity index (χ2v) is 7.87. The van der Waals surface area contributed by atoms with E-state index >= 15 is 0 Å². The van der Waals surface area contributed by atoms with Gasteiger partial charge in [-0.3, -0.25) is 9.98 Å². The van der Waals surface area contributed by atoms with Gasteiger partial charge in [-0.25, -0.2) is 13.8 Å². The van der Waals surface area contributed by atoms with Gasteiger partial charge in [-0.1, -0.05) is 37.3 Å². The zero-order chi connectivity index (χ0) is 24.6. The van der Waals surface area contributed by atoms with E-state index in [9.17, 15) is 22.0 Å². The van der Waals surface area contributed by atoms with Crippen LogP contribution in [0.5, 0.6) is 0 Å². The fraction of sp³-hybridized carbons (Fsp3) is 0.217. The van der Waals surface area contributed by atoms with Gasteiger partial charge in [-0.15, -0.1) is 0 Å². The zero-order valence-electron chi connectivity index (χ0n) is 18.0. The lowest BCUT2D eigenvalue weighted by molar-refractivity contribution is -0.137. The number of alkyl halides is 3. The van der Waals surface area contributed by atoms with Crippen LogP contribution in [0.3, 0.4) is 0 Å². The molecule has 2 heterocycles. The molecule has 0 fully saturated rings. The Hall–Kier alpha value is -3.47. The van der Waals surface area contributed by atoms with Crippen LogP contribution in [0.25, 0.3) is 11.4 Å². The molecule has 0 bridgehead atoms. The lowest BCUT2D eigenvalue weighted by Gasteiger charge is -2.15. The van der Waals surface area contributed by atoms with Gasteiger partial charge in [0.15, 0.2) is 0 Å². The average molecular weight is 491 g/mol. The van der Waals surface area contributed by atoms with Gasteiger partial charge >= 0.3 is 6.18 Å². The second kappa shape index (κ2) is 9.05. The molecular weight excluding hydrogens is 473 g/mol. The summed E-state index contributed by atoms with van der Waals surface area (Å²) in [5.74, 6) is -1.34. The van der Waals surface area contributed by atoms with Crippen molar-refractivity contribution in [2.24, 2.45) is 9.98 Å². The van der Waals surface area contributed by atoms with Crippen LogP contribution in [0, 0.1) is 16.3 Å². The standard InChI is InChI=1S/C23H18F5N5S/c1-3-17-18-13(8-11(24)9-16(18)25)20(30-17)32-21-14(10-29-2)22(34)33-19(31-21)12-6-4-5-7-15(12)23(26,27)28/h4-10,17H,3H2,1-2H3,(H2,30,31,32,33,34). The Bertz CT molecular complexity index is 1380. The van der Waals surface area contributed by atoms with E-state index in [1.165, 1.54) is 31.5 Å². The average Bonchev–Trinajstić information content (AvgIpc) is 3.13. The lowest BCUT2D eigenvalue weighted by atomic mass is 10.0. The highest BCUT2D eigenvalue weighted by molar-refractivity contribution is 7.71. The van der Waals surface area contributed by atoms with E-state index in [1.54, 1.807) is 0 Å². The van der Waals surface area contributed by atoms with Crippen molar-refractivity contribution in [1.82, 2.24) is 9.97 Å². The summed E-state index contributed by atoms with van der Waals surface area (Å²) in [5.41, 5.74) is -0.354. The van der Waals surface area contributed by atoms with Crippen molar-refractivity contribution < 1.29 is 22.0 Å². The van der Waals surface area contributed by atoms with E-state index < -0.39 is 29.4 Å². The van der Waals surface area contributed by atoms with Gasteiger partial charge in [0.05, 0.1) is 17.2 Å². The summed E-state index contributed by atoms with van der Waals surface area (Å²) >= 11 is 5.33. The number of nitrogens with zero attached hydrogens (tertiary/aromatic N) is 3. The van der Waals surface area contributed by atoms with Gasteiger partial charge in [0.2, 0.25) is 0 Å². The maximum atomic E-state index is 14.5. The number of halogens is 5. The Morgan fingerprint density at radius 3 is 2.59 bits per heavy atom. The molecule has 1 aromatic heterocycles. The van der Waals surface area contributed by atoms with Gasteiger partial charge in [0.1, 0.15) is 33.8 Å². The van der Waals surface area contributed by atoms with E-state index in [0.29, 0.717) is 6.42 Å². The number of anilines is 1. The van der Waals surface area contributed by atoms with Gasteiger partial charge < -0.3 is 10.3 Å². The fourth-order valence-electron chi connectivity index (χ4n) is 3.82. The smallest absolute Gasteiger partial charge is 0.326 e. The fourth-order valence-corrected chi connectivity index (χ4v) is 4.06. The normalized spacial score (nSPS) is 15.5. The summed E-state index contributed by atoms with van der Waals surface area (Å²) < 4.78 is 69.2. The van der Waals surface area contributed by atoms with Crippen LogP contribution in [0.2, 0.25) is 0 Å². The summed E-state index contributed by atoms with van der Waals surface area (Å²) in [7, 11) is 1.49. The monoisotopic (exact) mass is 491 g/mol. The second-order valence-electron chi connectivity index (χ2n) is 7.49.